The molecular formula is C18H20N4O4S. The van der Waals surface area contributed by atoms with Gasteiger partial charge in [0.2, 0.25) is 10.0 Å². The Morgan fingerprint density at radius 3 is 2.48 bits per heavy atom. The van der Waals surface area contributed by atoms with E-state index >= 15 is 0 Å². The summed E-state index contributed by atoms with van der Waals surface area (Å²) in [5, 5.41) is 11.3. The summed E-state index contributed by atoms with van der Waals surface area (Å²) in [6.45, 7) is 4.22. The highest BCUT2D eigenvalue weighted by Gasteiger charge is 2.21. The molecule has 0 aliphatic rings. The van der Waals surface area contributed by atoms with E-state index < -0.39 is 14.9 Å². The summed E-state index contributed by atoms with van der Waals surface area (Å²) in [6.07, 6.45) is 0. The molecule has 0 amide bonds. The molecule has 0 N–H and O–H groups in total. The van der Waals surface area contributed by atoms with Crippen LogP contribution in [-0.2, 0) is 16.6 Å². The van der Waals surface area contributed by atoms with Gasteiger partial charge < -0.3 is 4.57 Å². The minimum atomic E-state index is -3.57. The van der Waals surface area contributed by atoms with E-state index in [9.17, 15) is 18.5 Å². The summed E-state index contributed by atoms with van der Waals surface area (Å²) >= 11 is 0. The van der Waals surface area contributed by atoms with E-state index in [0.717, 1.165) is 9.82 Å². The number of benzene rings is 2. The predicted molar refractivity (Wildman–Crippen MR) is 103 cm³/mol. The molecule has 1 heterocycles. The van der Waals surface area contributed by atoms with Crippen molar-refractivity contribution in [1.82, 2.24) is 13.9 Å². The van der Waals surface area contributed by atoms with Crippen molar-refractivity contribution in [3.8, 4) is 11.4 Å². The van der Waals surface area contributed by atoms with Crippen LogP contribution in [0.15, 0.2) is 41.3 Å². The molecule has 0 unspecified atom stereocenters. The SMILES string of the molecule is CCn1c(-c2ccc(C)c([N+](=O)[O-])c2)nc2cc(S(=O)(=O)N(C)C)ccc21. The lowest BCUT2D eigenvalue weighted by molar-refractivity contribution is -0.385. The maximum Gasteiger partial charge on any atom is 0.273 e. The maximum atomic E-state index is 12.4. The second-order valence-electron chi connectivity index (χ2n) is 6.38. The first-order valence-corrected chi connectivity index (χ1v) is 9.79. The lowest BCUT2D eigenvalue weighted by atomic mass is 10.1. The van der Waals surface area contributed by atoms with Crippen LogP contribution in [0.25, 0.3) is 22.4 Å². The fraction of sp³-hybridized carbons (Fsp3) is 0.278. The number of nitrogens with zero attached hydrogens (tertiary/aromatic N) is 4. The predicted octanol–water partition coefficient (Wildman–Crippen LogP) is 3.19. The van der Waals surface area contributed by atoms with E-state index in [1.807, 2.05) is 11.5 Å². The van der Waals surface area contributed by atoms with Gasteiger partial charge >= 0.3 is 0 Å². The molecular weight excluding hydrogens is 368 g/mol. The third-order valence-corrected chi connectivity index (χ3v) is 6.29. The third kappa shape index (κ3) is 3.19. The zero-order valence-electron chi connectivity index (χ0n) is 15.5. The largest absolute Gasteiger partial charge is 0.324 e. The average Bonchev–Trinajstić information content (AvgIpc) is 2.99. The van der Waals surface area contributed by atoms with Crippen molar-refractivity contribution in [3.63, 3.8) is 0 Å². The van der Waals surface area contributed by atoms with Crippen molar-refractivity contribution in [1.29, 1.82) is 0 Å². The monoisotopic (exact) mass is 388 g/mol. The Labute approximate surface area is 157 Å². The molecule has 0 saturated carbocycles. The van der Waals surface area contributed by atoms with E-state index in [-0.39, 0.29) is 10.6 Å². The van der Waals surface area contributed by atoms with E-state index in [1.165, 1.54) is 26.2 Å². The number of fused-ring (bicyclic) bond motifs is 1. The Morgan fingerprint density at radius 2 is 1.89 bits per heavy atom. The standard InChI is InChI=1S/C18H20N4O4S/c1-5-21-16-9-8-14(27(25,26)20(3)4)11-15(16)19-18(21)13-7-6-12(2)17(10-13)22(23)24/h6-11H,5H2,1-4H3. The van der Waals surface area contributed by atoms with E-state index in [2.05, 4.69) is 4.98 Å². The van der Waals surface area contributed by atoms with Crippen LogP contribution in [0.1, 0.15) is 12.5 Å². The molecule has 27 heavy (non-hydrogen) atoms. The number of aryl methyl sites for hydroxylation is 2. The fourth-order valence-electron chi connectivity index (χ4n) is 2.97. The van der Waals surface area contributed by atoms with E-state index in [1.54, 1.807) is 31.2 Å². The normalized spacial score (nSPS) is 12.0. The van der Waals surface area contributed by atoms with Gasteiger partial charge in [-0.3, -0.25) is 10.1 Å². The first kappa shape index (κ1) is 19.0. The van der Waals surface area contributed by atoms with Gasteiger partial charge in [-0.15, -0.1) is 0 Å². The summed E-state index contributed by atoms with van der Waals surface area (Å²) in [7, 11) is -0.626. The smallest absolute Gasteiger partial charge is 0.273 e. The fourth-order valence-corrected chi connectivity index (χ4v) is 3.89. The number of rotatable bonds is 5. The first-order valence-electron chi connectivity index (χ1n) is 8.35. The molecule has 0 bridgehead atoms. The Balaban J connectivity index is 2.23. The van der Waals surface area contributed by atoms with Crippen LogP contribution in [0.3, 0.4) is 0 Å². The molecule has 0 fully saturated rings. The average molecular weight is 388 g/mol. The molecule has 0 aliphatic heterocycles. The van der Waals surface area contributed by atoms with Gasteiger partial charge in [0.05, 0.1) is 20.9 Å². The van der Waals surface area contributed by atoms with Crippen LogP contribution in [0.4, 0.5) is 5.69 Å². The van der Waals surface area contributed by atoms with Crippen LogP contribution >= 0.6 is 0 Å². The Bertz CT molecular complexity index is 1150. The summed E-state index contributed by atoms with van der Waals surface area (Å²) in [5.41, 5.74) is 2.51. The topological polar surface area (TPSA) is 98.3 Å². The van der Waals surface area contributed by atoms with Crippen LogP contribution in [0, 0.1) is 17.0 Å². The number of imidazole rings is 1. The second-order valence-corrected chi connectivity index (χ2v) is 8.53. The minimum absolute atomic E-state index is 0.0260. The molecule has 3 rings (SSSR count). The number of nitro benzene ring substituents is 1. The van der Waals surface area contributed by atoms with Crippen LogP contribution < -0.4 is 0 Å². The maximum absolute atomic E-state index is 12.4. The third-order valence-electron chi connectivity index (χ3n) is 4.48. The van der Waals surface area contributed by atoms with E-state index in [4.69, 9.17) is 0 Å². The van der Waals surface area contributed by atoms with Crippen molar-refractivity contribution in [2.45, 2.75) is 25.3 Å². The van der Waals surface area contributed by atoms with E-state index in [0.29, 0.717) is 29.0 Å². The van der Waals surface area contributed by atoms with Crippen molar-refractivity contribution in [3.05, 3.63) is 52.1 Å². The summed E-state index contributed by atoms with van der Waals surface area (Å²) in [5.74, 6) is 0.565. The highest BCUT2D eigenvalue weighted by atomic mass is 32.2. The van der Waals surface area contributed by atoms with Crippen LogP contribution in [0.5, 0.6) is 0 Å². The molecule has 2 aromatic carbocycles. The molecule has 1 aromatic heterocycles. The molecule has 0 saturated heterocycles. The van der Waals surface area contributed by atoms with Gasteiger partial charge in [0.15, 0.2) is 0 Å². The highest BCUT2D eigenvalue weighted by Crippen LogP contribution is 2.30. The highest BCUT2D eigenvalue weighted by molar-refractivity contribution is 7.89. The molecule has 8 nitrogen and oxygen atoms in total. The number of hydrogen-bond acceptors (Lipinski definition) is 5. The molecule has 0 aliphatic carbocycles. The van der Waals surface area contributed by atoms with Gasteiger partial charge in [-0.1, -0.05) is 12.1 Å². The molecule has 3 aromatic rings. The molecule has 0 spiro atoms. The Kier molecular flexibility index (Phi) is 4.75. The van der Waals surface area contributed by atoms with Gasteiger partial charge in [0.1, 0.15) is 5.82 Å². The van der Waals surface area contributed by atoms with Gasteiger partial charge in [-0.05, 0) is 32.0 Å². The summed E-state index contributed by atoms with van der Waals surface area (Å²) < 4.78 is 27.8. The first-order chi connectivity index (χ1) is 12.7. The quantitative estimate of drug-likeness (QED) is 0.494. The summed E-state index contributed by atoms with van der Waals surface area (Å²) in [6, 6.07) is 9.77. The van der Waals surface area contributed by atoms with Gasteiger partial charge in [-0.2, -0.15) is 0 Å². The molecule has 0 radical (unpaired) electrons. The zero-order chi connectivity index (χ0) is 19.9. The second kappa shape index (κ2) is 6.75. The Hall–Kier alpha value is -2.78. The zero-order valence-corrected chi connectivity index (χ0v) is 16.3. The lowest BCUT2D eigenvalue weighted by Gasteiger charge is -2.11. The van der Waals surface area contributed by atoms with Crippen molar-refractivity contribution >= 4 is 26.7 Å². The number of aromatic nitrogens is 2. The van der Waals surface area contributed by atoms with Gasteiger partial charge in [0.25, 0.3) is 5.69 Å². The molecule has 0 atom stereocenters. The van der Waals surface area contributed by atoms with Gasteiger partial charge in [-0.25, -0.2) is 17.7 Å². The van der Waals surface area contributed by atoms with Crippen LogP contribution in [0.2, 0.25) is 0 Å². The van der Waals surface area contributed by atoms with Crippen molar-refractivity contribution < 1.29 is 13.3 Å². The number of hydrogen-bond donors (Lipinski definition) is 0. The van der Waals surface area contributed by atoms with Crippen molar-refractivity contribution in [2.75, 3.05) is 14.1 Å². The lowest BCUT2D eigenvalue weighted by Crippen LogP contribution is -2.22. The number of nitro groups is 1. The van der Waals surface area contributed by atoms with Crippen LogP contribution in [-0.4, -0.2) is 41.3 Å². The van der Waals surface area contributed by atoms with Crippen molar-refractivity contribution in [2.24, 2.45) is 0 Å². The number of sulfonamides is 1. The Morgan fingerprint density at radius 1 is 1.19 bits per heavy atom. The molecule has 142 valence electrons. The minimum Gasteiger partial charge on any atom is -0.324 e. The molecule has 9 heteroatoms. The summed E-state index contributed by atoms with van der Waals surface area (Å²) in [4.78, 5) is 15.6. The van der Waals surface area contributed by atoms with Gasteiger partial charge in [0, 0.05) is 37.8 Å².